The Morgan fingerprint density at radius 1 is 1.35 bits per heavy atom. The fourth-order valence-electron chi connectivity index (χ4n) is 1.20. The van der Waals surface area contributed by atoms with Crippen molar-refractivity contribution in [2.75, 3.05) is 0 Å². The fourth-order valence-corrected chi connectivity index (χ4v) is 1.20. The van der Waals surface area contributed by atoms with Crippen LogP contribution < -0.4 is 4.74 Å². The minimum absolute atomic E-state index is 0.0219. The van der Waals surface area contributed by atoms with Crippen molar-refractivity contribution >= 4 is 11.8 Å². The van der Waals surface area contributed by atoms with Crippen LogP contribution in [0.2, 0.25) is 0 Å². The monoisotopic (exact) mass is 238 g/mol. The smallest absolute Gasteiger partial charge is 0.348 e. The molecule has 0 aliphatic rings. The Kier molecular flexibility index (Phi) is 3.99. The topological polar surface area (TPSA) is 43.4 Å². The molecule has 1 aromatic carbocycles. The zero-order valence-corrected chi connectivity index (χ0v) is 10.1. The van der Waals surface area contributed by atoms with Gasteiger partial charge in [0.25, 0.3) is 0 Å². The summed E-state index contributed by atoms with van der Waals surface area (Å²) in [5, 5.41) is 0. The summed E-state index contributed by atoms with van der Waals surface area (Å²) in [6.07, 6.45) is 0.0219. The van der Waals surface area contributed by atoms with E-state index in [2.05, 4.69) is 0 Å². The molecule has 0 aliphatic carbocycles. The predicted octanol–water partition coefficient (Wildman–Crippen LogP) is 2.93. The van der Waals surface area contributed by atoms with Gasteiger partial charge in [-0.25, -0.2) is 9.18 Å². The average molecular weight is 238 g/mol. The first-order valence-corrected chi connectivity index (χ1v) is 5.39. The van der Waals surface area contributed by atoms with Crippen molar-refractivity contribution in [3.8, 4) is 5.75 Å². The summed E-state index contributed by atoms with van der Waals surface area (Å²) in [7, 11) is 0. The molecule has 1 rings (SSSR count). The third kappa shape index (κ3) is 3.12. The molecule has 0 saturated heterocycles. The number of rotatable bonds is 4. The van der Waals surface area contributed by atoms with E-state index in [0.717, 1.165) is 6.92 Å². The molecule has 0 aromatic heterocycles. The van der Waals surface area contributed by atoms with Gasteiger partial charge in [0.2, 0.25) is 5.67 Å². The van der Waals surface area contributed by atoms with E-state index in [-0.39, 0.29) is 23.5 Å². The largest absolute Gasteiger partial charge is 0.423 e. The minimum Gasteiger partial charge on any atom is -0.423 e. The maximum atomic E-state index is 13.7. The Morgan fingerprint density at radius 2 is 1.94 bits per heavy atom. The van der Waals surface area contributed by atoms with Gasteiger partial charge in [0.05, 0.1) is 5.56 Å². The Morgan fingerprint density at radius 3 is 2.47 bits per heavy atom. The molecule has 0 saturated carbocycles. The van der Waals surface area contributed by atoms with E-state index in [0.29, 0.717) is 0 Å². The van der Waals surface area contributed by atoms with E-state index in [9.17, 15) is 14.0 Å². The van der Waals surface area contributed by atoms with E-state index in [1.165, 1.54) is 19.1 Å². The van der Waals surface area contributed by atoms with Crippen molar-refractivity contribution < 1.29 is 18.7 Å². The van der Waals surface area contributed by atoms with Gasteiger partial charge in [-0.3, -0.25) is 4.79 Å². The van der Waals surface area contributed by atoms with Gasteiger partial charge in [-0.15, -0.1) is 0 Å². The van der Waals surface area contributed by atoms with E-state index < -0.39 is 11.6 Å². The number of esters is 1. The van der Waals surface area contributed by atoms with Crippen LogP contribution in [0.3, 0.4) is 0 Å². The molecule has 1 atom stereocenters. The average Bonchev–Trinajstić information content (AvgIpc) is 2.29. The summed E-state index contributed by atoms with van der Waals surface area (Å²) in [6, 6.07) is 6.28. The number of hydrogen-bond donors (Lipinski definition) is 0. The number of halogens is 1. The molecule has 3 nitrogen and oxygen atoms in total. The van der Waals surface area contributed by atoms with Crippen LogP contribution in [0.25, 0.3) is 0 Å². The third-order valence-electron chi connectivity index (χ3n) is 2.56. The number of hydrogen-bond acceptors (Lipinski definition) is 3. The van der Waals surface area contributed by atoms with Crippen LogP contribution in [0, 0.1) is 0 Å². The third-order valence-corrected chi connectivity index (χ3v) is 2.56. The molecule has 1 unspecified atom stereocenters. The first-order valence-electron chi connectivity index (χ1n) is 5.39. The lowest BCUT2D eigenvalue weighted by atomic mass is 10.1. The fraction of sp³-hybridized carbons (Fsp3) is 0.385. The molecule has 92 valence electrons. The van der Waals surface area contributed by atoms with Crippen LogP contribution in [0.4, 0.5) is 4.39 Å². The molecule has 0 spiro atoms. The highest BCUT2D eigenvalue weighted by atomic mass is 19.1. The molecule has 0 heterocycles. The molecule has 1 aromatic rings. The van der Waals surface area contributed by atoms with Crippen LogP contribution >= 0.6 is 0 Å². The standard InChI is InChI=1S/C13H15FO3/c1-4-13(3,14)12(16)17-11-8-6-5-7-10(11)9(2)15/h5-8H,4H2,1-3H3. The molecule has 0 amide bonds. The molecule has 0 N–H and O–H groups in total. The lowest BCUT2D eigenvalue weighted by Gasteiger charge is -2.17. The van der Waals surface area contributed by atoms with E-state index >= 15 is 0 Å². The van der Waals surface area contributed by atoms with Gasteiger partial charge in [-0.1, -0.05) is 19.1 Å². The first kappa shape index (κ1) is 13.4. The van der Waals surface area contributed by atoms with Crippen LogP contribution in [0.15, 0.2) is 24.3 Å². The van der Waals surface area contributed by atoms with E-state index in [1.807, 2.05) is 0 Å². The highest BCUT2D eigenvalue weighted by Crippen LogP contribution is 2.23. The van der Waals surface area contributed by atoms with Crippen LogP contribution in [0.5, 0.6) is 5.75 Å². The number of carbonyl (C=O) groups is 2. The van der Waals surface area contributed by atoms with Gasteiger partial charge in [0.1, 0.15) is 5.75 Å². The van der Waals surface area contributed by atoms with Gasteiger partial charge >= 0.3 is 5.97 Å². The van der Waals surface area contributed by atoms with Crippen molar-refractivity contribution in [3.63, 3.8) is 0 Å². The van der Waals surface area contributed by atoms with Gasteiger partial charge in [-0.2, -0.15) is 0 Å². The van der Waals surface area contributed by atoms with Gasteiger partial charge in [0.15, 0.2) is 5.78 Å². The van der Waals surface area contributed by atoms with Gasteiger partial charge in [0, 0.05) is 0 Å². The van der Waals surface area contributed by atoms with Crippen LogP contribution in [-0.4, -0.2) is 17.4 Å². The Labute approximate surface area is 99.6 Å². The summed E-state index contributed by atoms with van der Waals surface area (Å²) >= 11 is 0. The normalized spacial score (nSPS) is 13.9. The number of Topliss-reactive ketones (excluding diaryl/α,β-unsaturated/α-hetero) is 1. The van der Waals surface area contributed by atoms with Crippen molar-refractivity contribution in [2.24, 2.45) is 0 Å². The molecule has 0 bridgehead atoms. The van der Waals surface area contributed by atoms with Crippen molar-refractivity contribution in [1.82, 2.24) is 0 Å². The Hall–Kier alpha value is -1.71. The second-order valence-corrected chi connectivity index (χ2v) is 3.99. The second-order valence-electron chi connectivity index (χ2n) is 3.99. The molecule has 0 radical (unpaired) electrons. The van der Waals surface area contributed by atoms with E-state index in [1.54, 1.807) is 19.1 Å². The Bertz CT molecular complexity index is 438. The molecular weight excluding hydrogens is 223 g/mol. The summed E-state index contributed by atoms with van der Waals surface area (Å²) in [4.78, 5) is 22.8. The lowest BCUT2D eigenvalue weighted by molar-refractivity contribution is -0.146. The number of para-hydroxylation sites is 1. The molecule has 0 fully saturated rings. The molecular formula is C13H15FO3. The molecule has 4 heteroatoms. The van der Waals surface area contributed by atoms with Gasteiger partial charge < -0.3 is 4.74 Å². The van der Waals surface area contributed by atoms with Gasteiger partial charge in [-0.05, 0) is 32.4 Å². The number of ether oxygens (including phenoxy) is 1. The van der Waals surface area contributed by atoms with Crippen LogP contribution in [0.1, 0.15) is 37.6 Å². The summed E-state index contributed by atoms with van der Waals surface area (Å²) in [5.41, 5.74) is -1.77. The first-order chi connectivity index (χ1) is 7.88. The quantitative estimate of drug-likeness (QED) is 0.460. The molecule has 17 heavy (non-hydrogen) atoms. The maximum absolute atomic E-state index is 13.7. The van der Waals surface area contributed by atoms with Crippen molar-refractivity contribution in [1.29, 1.82) is 0 Å². The van der Waals surface area contributed by atoms with E-state index in [4.69, 9.17) is 4.74 Å². The summed E-state index contributed by atoms with van der Waals surface area (Å²) in [5.74, 6) is -1.11. The lowest BCUT2D eigenvalue weighted by Crippen LogP contribution is -2.33. The minimum atomic E-state index is -2.04. The SMILES string of the molecule is CCC(C)(F)C(=O)Oc1ccccc1C(C)=O. The second kappa shape index (κ2) is 5.08. The summed E-state index contributed by atoms with van der Waals surface area (Å²) in [6.45, 7) is 4.07. The Balaban J connectivity index is 2.97. The van der Waals surface area contributed by atoms with Crippen molar-refractivity contribution in [3.05, 3.63) is 29.8 Å². The number of ketones is 1. The zero-order chi connectivity index (χ0) is 13.1. The zero-order valence-electron chi connectivity index (χ0n) is 10.1. The van der Waals surface area contributed by atoms with Crippen LogP contribution in [-0.2, 0) is 4.79 Å². The predicted molar refractivity (Wildman–Crippen MR) is 61.9 cm³/mol. The number of carbonyl (C=O) groups excluding carboxylic acids is 2. The summed E-state index contributed by atoms with van der Waals surface area (Å²) < 4.78 is 18.6. The maximum Gasteiger partial charge on any atom is 0.348 e. The highest BCUT2D eigenvalue weighted by Gasteiger charge is 2.33. The van der Waals surface area contributed by atoms with Crippen molar-refractivity contribution in [2.45, 2.75) is 32.9 Å². The molecule has 0 aliphatic heterocycles. The highest BCUT2D eigenvalue weighted by molar-refractivity contribution is 5.97. The number of benzene rings is 1. The number of alkyl halides is 1.